The highest BCUT2D eigenvalue weighted by molar-refractivity contribution is 5.51. The molecular weight excluding hydrogens is 168 g/mol. The third-order valence-electron chi connectivity index (χ3n) is 1.61. The summed E-state index contributed by atoms with van der Waals surface area (Å²) in [4.78, 5) is 8.00. The molecule has 5 nitrogen and oxygen atoms in total. The predicted molar refractivity (Wildman–Crippen MR) is 45.5 cm³/mol. The van der Waals surface area contributed by atoms with Crippen molar-refractivity contribution in [1.29, 1.82) is 0 Å². The molecule has 0 amide bonds. The molecule has 0 fully saturated rings. The molecule has 0 radical (unpaired) electrons. The van der Waals surface area contributed by atoms with Crippen molar-refractivity contribution in [1.82, 2.24) is 19.7 Å². The Morgan fingerprint density at radius 3 is 2.85 bits per heavy atom. The van der Waals surface area contributed by atoms with Gasteiger partial charge in [0.25, 0.3) is 0 Å². The van der Waals surface area contributed by atoms with Crippen LogP contribution >= 0.6 is 0 Å². The first kappa shape index (κ1) is 7.88. The summed E-state index contributed by atoms with van der Waals surface area (Å²) in [5, 5.41) is 12.8. The first-order chi connectivity index (χ1) is 6.40. The summed E-state index contributed by atoms with van der Waals surface area (Å²) >= 11 is 0. The summed E-state index contributed by atoms with van der Waals surface area (Å²) < 4.78 is 1.42. The van der Waals surface area contributed by atoms with Crippen molar-refractivity contribution in [3.05, 3.63) is 30.9 Å². The highest BCUT2D eigenvalue weighted by Crippen LogP contribution is 2.10. The number of hydrogen-bond donors (Lipinski definition) is 1. The monoisotopic (exact) mass is 176 g/mol. The molecule has 0 bridgehead atoms. The van der Waals surface area contributed by atoms with Crippen LogP contribution in [0.15, 0.2) is 30.9 Å². The maximum atomic E-state index is 8.76. The zero-order valence-corrected chi connectivity index (χ0v) is 6.83. The second-order valence-corrected chi connectivity index (χ2v) is 2.47. The molecule has 13 heavy (non-hydrogen) atoms. The van der Waals surface area contributed by atoms with E-state index < -0.39 is 0 Å². The van der Waals surface area contributed by atoms with Crippen LogP contribution in [0.2, 0.25) is 0 Å². The minimum Gasteiger partial charge on any atom is -0.374 e. The Balaban J connectivity index is 2.36. The molecule has 2 aromatic heterocycles. The van der Waals surface area contributed by atoms with Crippen LogP contribution in [0.1, 0.15) is 0 Å². The Labute approximate surface area is 74.7 Å². The lowest BCUT2D eigenvalue weighted by atomic mass is 10.3. The van der Waals surface area contributed by atoms with Gasteiger partial charge in [0.1, 0.15) is 18.1 Å². The number of aromatic nitrogens is 4. The Kier molecular flexibility index (Phi) is 2.01. The number of rotatable bonds is 2. The molecule has 0 aliphatic rings. The van der Waals surface area contributed by atoms with Crippen LogP contribution in [0, 0.1) is 0 Å². The van der Waals surface area contributed by atoms with E-state index in [1.807, 2.05) is 0 Å². The molecule has 2 heterocycles. The second kappa shape index (κ2) is 3.32. The van der Waals surface area contributed by atoms with Crippen molar-refractivity contribution < 1.29 is 5.11 Å². The minimum absolute atomic E-state index is 0.125. The minimum atomic E-state index is -0.125. The molecule has 1 N–H and O–H groups in total. The van der Waals surface area contributed by atoms with Crippen molar-refractivity contribution in [2.75, 3.05) is 0 Å². The van der Waals surface area contributed by atoms with E-state index >= 15 is 0 Å². The van der Waals surface area contributed by atoms with Crippen molar-refractivity contribution in [2.24, 2.45) is 0 Å². The van der Waals surface area contributed by atoms with E-state index in [4.69, 9.17) is 5.11 Å². The average Bonchev–Trinajstić information content (AvgIpc) is 2.67. The molecule has 5 heteroatoms. The fraction of sp³-hybridized carbons (Fsp3) is 0.125. The quantitative estimate of drug-likeness (QED) is 0.714. The summed E-state index contributed by atoms with van der Waals surface area (Å²) in [5.74, 6) is 0. The van der Waals surface area contributed by atoms with Crippen LogP contribution in [0.5, 0.6) is 0 Å². The summed E-state index contributed by atoms with van der Waals surface area (Å²) in [7, 11) is 0. The lowest BCUT2D eigenvalue weighted by Crippen LogP contribution is -1.96. The summed E-state index contributed by atoms with van der Waals surface area (Å²) in [6, 6.07) is 1.78. The van der Waals surface area contributed by atoms with Gasteiger partial charge in [0, 0.05) is 18.6 Å². The molecule has 0 spiro atoms. The first-order valence-electron chi connectivity index (χ1n) is 3.81. The van der Waals surface area contributed by atoms with Crippen molar-refractivity contribution in [3.63, 3.8) is 0 Å². The highest BCUT2D eigenvalue weighted by Gasteiger charge is 2.01. The van der Waals surface area contributed by atoms with Gasteiger partial charge in [-0.2, -0.15) is 5.10 Å². The molecule has 0 aliphatic carbocycles. The van der Waals surface area contributed by atoms with Crippen LogP contribution in [0.4, 0.5) is 0 Å². The molecule has 0 unspecified atom stereocenters. The third-order valence-corrected chi connectivity index (χ3v) is 1.61. The molecule has 0 aliphatic heterocycles. The lowest BCUT2D eigenvalue weighted by Gasteiger charge is -1.93. The Morgan fingerprint density at radius 2 is 2.23 bits per heavy atom. The van der Waals surface area contributed by atoms with Crippen molar-refractivity contribution in [3.8, 4) is 11.4 Å². The van der Waals surface area contributed by atoms with Gasteiger partial charge >= 0.3 is 0 Å². The van der Waals surface area contributed by atoms with Gasteiger partial charge < -0.3 is 5.11 Å². The first-order valence-corrected chi connectivity index (χ1v) is 3.81. The Bertz CT molecular complexity index is 384. The van der Waals surface area contributed by atoms with E-state index in [-0.39, 0.29) is 6.73 Å². The molecule has 0 saturated heterocycles. The molecule has 2 rings (SSSR count). The topological polar surface area (TPSA) is 63.8 Å². The van der Waals surface area contributed by atoms with Crippen molar-refractivity contribution in [2.45, 2.75) is 6.73 Å². The number of nitrogens with zero attached hydrogens (tertiary/aromatic N) is 4. The van der Waals surface area contributed by atoms with Gasteiger partial charge in [0.15, 0.2) is 0 Å². The SMILES string of the molecule is OCn1ccc(-c2cnccn2)n1. The van der Waals surface area contributed by atoms with Gasteiger partial charge in [-0.15, -0.1) is 0 Å². The molecule has 0 saturated carbocycles. The molecular formula is C8H8N4O. The average molecular weight is 176 g/mol. The highest BCUT2D eigenvalue weighted by atomic mass is 16.3. The van der Waals surface area contributed by atoms with Gasteiger partial charge in [0.05, 0.1) is 6.20 Å². The van der Waals surface area contributed by atoms with Gasteiger partial charge in [-0.05, 0) is 6.07 Å². The van der Waals surface area contributed by atoms with Gasteiger partial charge in [-0.25, -0.2) is 4.68 Å². The number of hydrogen-bond acceptors (Lipinski definition) is 4. The predicted octanol–water partition coefficient (Wildman–Crippen LogP) is 0.290. The molecule has 0 atom stereocenters. The van der Waals surface area contributed by atoms with E-state index in [0.717, 1.165) is 0 Å². The largest absolute Gasteiger partial charge is 0.374 e. The lowest BCUT2D eigenvalue weighted by molar-refractivity contribution is 0.195. The fourth-order valence-corrected chi connectivity index (χ4v) is 1.01. The van der Waals surface area contributed by atoms with Crippen LogP contribution in [-0.2, 0) is 6.73 Å². The summed E-state index contributed by atoms with van der Waals surface area (Å²) in [5.41, 5.74) is 1.41. The normalized spacial score (nSPS) is 10.2. The maximum Gasteiger partial charge on any atom is 0.136 e. The molecule has 0 aromatic carbocycles. The van der Waals surface area contributed by atoms with Crippen LogP contribution < -0.4 is 0 Å². The summed E-state index contributed by atoms with van der Waals surface area (Å²) in [6.07, 6.45) is 6.52. The Hall–Kier alpha value is -1.75. The van der Waals surface area contributed by atoms with E-state index in [0.29, 0.717) is 11.4 Å². The van der Waals surface area contributed by atoms with Gasteiger partial charge in [-0.1, -0.05) is 0 Å². The Morgan fingerprint density at radius 1 is 1.31 bits per heavy atom. The maximum absolute atomic E-state index is 8.76. The van der Waals surface area contributed by atoms with Gasteiger partial charge in [0.2, 0.25) is 0 Å². The van der Waals surface area contributed by atoms with E-state index in [9.17, 15) is 0 Å². The van der Waals surface area contributed by atoms with Crippen LogP contribution in [0.3, 0.4) is 0 Å². The van der Waals surface area contributed by atoms with E-state index in [2.05, 4.69) is 15.1 Å². The second-order valence-electron chi connectivity index (χ2n) is 2.47. The van der Waals surface area contributed by atoms with E-state index in [1.165, 1.54) is 4.68 Å². The van der Waals surface area contributed by atoms with Gasteiger partial charge in [-0.3, -0.25) is 9.97 Å². The van der Waals surface area contributed by atoms with Crippen LogP contribution in [0.25, 0.3) is 11.4 Å². The fourth-order valence-electron chi connectivity index (χ4n) is 1.01. The van der Waals surface area contributed by atoms with Crippen molar-refractivity contribution >= 4 is 0 Å². The summed E-state index contributed by atoms with van der Waals surface area (Å²) in [6.45, 7) is -0.125. The molecule has 2 aromatic rings. The third kappa shape index (κ3) is 1.54. The smallest absolute Gasteiger partial charge is 0.136 e. The number of aliphatic hydroxyl groups is 1. The molecule has 66 valence electrons. The standard InChI is InChI=1S/C8H8N4O/c13-6-12-4-1-7(11-12)8-5-9-2-3-10-8/h1-5,13H,6H2. The zero-order chi connectivity index (χ0) is 9.10. The number of aliphatic hydroxyl groups excluding tert-OH is 1. The zero-order valence-electron chi connectivity index (χ0n) is 6.83. The van der Waals surface area contributed by atoms with Crippen LogP contribution in [-0.4, -0.2) is 24.9 Å². The van der Waals surface area contributed by atoms with E-state index in [1.54, 1.807) is 30.9 Å².